The molecule has 1 N–H and O–H groups in total. The van der Waals surface area contributed by atoms with E-state index in [0.29, 0.717) is 33.2 Å². The Morgan fingerprint density at radius 1 is 1.09 bits per heavy atom. The Morgan fingerprint density at radius 2 is 1.88 bits per heavy atom. The second-order valence-electron chi connectivity index (χ2n) is 8.48. The number of nitrogens with zero attached hydrogens (tertiary/aromatic N) is 2. The Balaban J connectivity index is 1.67. The maximum Gasteiger partial charge on any atom is 0.251 e. The van der Waals surface area contributed by atoms with Gasteiger partial charge in [-0.2, -0.15) is 0 Å². The lowest BCUT2D eigenvalue weighted by Gasteiger charge is -2.20. The summed E-state index contributed by atoms with van der Waals surface area (Å²) in [5.41, 5.74) is 3.99. The molecule has 2 aliphatic rings. The predicted molar refractivity (Wildman–Crippen MR) is 128 cm³/mol. The normalized spacial score (nSPS) is 19.3. The molecule has 0 fully saturated rings. The van der Waals surface area contributed by atoms with E-state index in [1.807, 2.05) is 25.1 Å². The zero-order valence-corrected chi connectivity index (χ0v) is 19.2. The van der Waals surface area contributed by atoms with Crippen LogP contribution < -0.4 is 10.2 Å². The molecule has 3 aromatic rings. The van der Waals surface area contributed by atoms with Gasteiger partial charge < -0.3 is 10.2 Å². The minimum Gasteiger partial charge on any atom is -0.325 e. The summed E-state index contributed by atoms with van der Waals surface area (Å²) in [6.07, 6.45) is -0.114. The molecule has 2 heterocycles. The zero-order chi connectivity index (χ0) is 24.1. The Bertz CT molecular complexity index is 1390. The Kier molecular flexibility index (Phi) is 5.44. The smallest absolute Gasteiger partial charge is 0.251 e. The number of nitrogens with one attached hydrogen (secondary N) is 1. The molecule has 5 rings (SSSR count). The molecule has 0 radical (unpaired) electrons. The van der Waals surface area contributed by atoms with Crippen molar-refractivity contribution in [1.82, 2.24) is 0 Å². The Morgan fingerprint density at radius 3 is 2.68 bits per heavy atom. The fraction of sp³-hybridized carbons (Fsp3) is 0.192. The Hall–Kier alpha value is -3.58. The summed E-state index contributed by atoms with van der Waals surface area (Å²) in [6.45, 7) is 1.83. The first-order chi connectivity index (χ1) is 16.2. The van der Waals surface area contributed by atoms with Gasteiger partial charge in [0.15, 0.2) is 11.6 Å². The van der Waals surface area contributed by atoms with Gasteiger partial charge in [0, 0.05) is 35.3 Å². The summed E-state index contributed by atoms with van der Waals surface area (Å²) < 4.78 is 28.3. The molecule has 2 aliphatic heterocycles. The molecule has 5 nitrogen and oxygen atoms in total. The van der Waals surface area contributed by atoms with Crippen molar-refractivity contribution < 1.29 is 18.4 Å². The number of hydrogen-bond donors (Lipinski definition) is 1. The molecule has 172 valence electrons. The molecular formula is C26H20ClF2N3O2. The maximum absolute atomic E-state index is 14.4. The van der Waals surface area contributed by atoms with Gasteiger partial charge in [0.25, 0.3) is 5.91 Å². The SMILES string of the molecule is CC1C(=O)Nc2cc(C3=NC(Cc4cccc(F)c4F)C(=O)N(C)c4ccc(Cl)cc43)ccc21. The fourth-order valence-electron chi connectivity index (χ4n) is 4.46. The third-order valence-corrected chi connectivity index (χ3v) is 6.60. The van der Waals surface area contributed by atoms with E-state index in [9.17, 15) is 18.4 Å². The number of amides is 2. The summed E-state index contributed by atoms with van der Waals surface area (Å²) in [5.74, 6) is -2.68. The van der Waals surface area contributed by atoms with Crippen LogP contribution in [0.4, 0.5) is 20.2 Å². The van der Waals surface area contributed by atoms with Gasteiger partial charge in [-0.05, 0) is 48.4 Å². The number of aliphatic imine (C=N–C) groups is 1. The van der Waals surface area contributed by atoms with Crippen LogP contribution in [-0.4, -0.2) is 30.6 Å². The van der Waals surface area contributed by atoms with E-state index in [-0.39, 0.29) is 29.7 Å². The zero-order valence-electron chi connectivity index (χ0n) is 18.4. The van der Waals surface area contributed by atoms with E-state index in [0.717, 1.165) is 11.6 Å². The van der Waals surface area contributed by atoms with E-state index in [1.165, 1.54) is 17.0 Å². The number of benzene rings is 3. The number of rotatable bonds is 3. The van der Waals surface area contributed by atoms with Crippen molar-refractivity contribution in [2.75, 3.05) is 17.3 Å². The first-order valence-electron chi connectivity index (χ1n) is 10.8. The molecular weight excluding hydrogens is 460 g/mol. The first kappa shape index (κ1) is 22.2. The maximum atomic E-state index is 14.4. The van der Waals surface area contributed by atoms with Crippen LogP contribution in [0.15, 0.2) is 59.6 Å². The lowest BCUT2D eigenvalue weighted by Crippen LogP contribution is -2.36. The van der Waals surface area contributed by atoms with Gasteiger partial charge in [0.2, 0.25) is 5.91 Å². The van der Waals surface area contributed by atoms with Crippen molar-refractivity contribution in [2.45, 2.75) is 25.3 Å². The van der Waals surface area contributed by atoms with Crippen molar-refractivity contribution in [3.05, 3.63) is 93.5 Å². The van der Waals surface area contributed by atoms with Crippen LogP contribution in [0.3, 0.4) is 0 Å². The molecule has 0 saturated carbocycles. The number of fused-ring (bicyclic) bond motifs is 2. The number of carbonyl (C=O) groups is 2. The van der Waals surface area contributed by atoms with Crippen molar-refractivity contribution in [1.29, 1.82) is 0 Å². The third-order valence-electron chi connectivity index (χ3n) is 6.36. The minimum atomic E-state index is -0.996. The summed E-state index contributed by atoms with van der Waals surface area (Å²) in [4.78, 5) is 31.7. The van der Waals surface area contributed by atoms with Crippen LogP contribution in [0.5, 0.6) is 0 Å². The molecule has 0 aromatic heterocycles. The summed E-state index contributed by atoms with van der Waals surface area (Å²) >= 11 is 6.30. The fourth-order valence-corrected chi connectivity index (χ4v) is 4.63. The molecule has 2 amide bonds. The Labute approximate surface area is 200 Å². The van der Waals surface area contributed by atoms with Crippen LogP contribution in [0.1, 0.15) is 35.1 Å². The summed E-state index contributed by atoms with van der Waals surface area (Å²) in [7, 11) is 1.62. The third kappa shape index (κ3) is 3.66. The highest BCUT2D eigenvalue weighted by atomic mass is 35.5. The molecule has 34 heavy (non-hydrogen) atoms. The molecule has 2 unspecified atom stereocenters. The lowest BCUT2D eigenvalue weighted by atomic mass is 9.96. The van der Waals surface area contributed by atoms with Gasteiger partial charge in [-0.3, -0.25) is 14.6 Å². The summed E-state index contributed by atoms with van der Waals surface area (Å²) in [5, 5.41) is 3.33. The van der Waals surface area contributed by atoms with E-state index >= 15 is 0 Å². The highest BCUT2D eigenvalue weighted by Crippen LogP contribution is 2.36. The highest BCUT2D eigenvalue weighted by Gasteiger charge is 2.32. The molecule has 8 heteroatoms. The van der Waals surface area contributed by atoms with Crippen LogP contribution in [0, 0.1) is 11.6 Å². The first-order valence-corrected chi connectivity index (χ1v) is 11.2. The van der Waals surface area contributed by atoms with Crippen molar-refractivity contribution in [3.8, 4) is 0 Å². The number of halogens is 3. The molecule has 3 aromatic carbocycles. The van der Waals surface area contributed by atoms with Crippen LogP contribution in [0.25, 0.3) is 0 Å². The molecule has 0 spiro atoms. The predicted octanol–water partition coefficient (Wildman–Crippen LogP) is 5.10. The number of anilines is 2. The number of hydrogen-bond acceptors (Lipinski definition) is 3. The average Bonchev–Trinajstić information content (AvgIpc) is 3.05. The summed E-state index contributed by atoms with van der Waals surface area (Å²) in [6, 6.07) is 13.5. The topological polar surface area (TPSA) is 61.8 Å². The van der Waals surface area contributed by atoms with Gasteiger partial charge in [-0.25, -0.2) is 8.78 Å². The lowest BCUT2D eigenvalue weighted by molar-refractivity contribution is -0.119. The van der Waals surface area contributed by atoms with Crippen LogP contribution in [0.2, 0.25) is 5.02 Å². The van der Waals surface area contributed by atoms with Gasteiger partial charge >= 0.3 is 0 Å². The largest absolute Gasteiger partial charge is 0.325 e. The molecule has 0 saturated heterocycles. The van der Waals surface area contributed by atoms with Crippen molar-refractivity contribution >= 4 is 40.5 Å². The average molecular weight is 480 g/mol. The molecule has 0 bridgehead atoms. The van der Waals surface area contributed by atoms with E-state index < -0.39 is 17.7 Å². The van der Waals surface area contributed by atoms with Gasteiger partial charge in [0.1, 0.15) is 6.04 Å². The van der Waals surface area contributed by atoms with Crippen molar-refractivity contribution in [2.24, 2.45) is 4.99 Å². The van der Waals surface area contributed by atoms with E-state index in [4.69, 9.17) is 16.6 Å². The quantitative estimate of drug-likeness (QED) is 0.568. The highest BCUT2D eigenvalue weighted by molar-refractivity contribution is 6.32. The number of likely N-dealkylation sites (N-methyl/N-ethyl adjacent to an activating group) is 1. The second-order valence-corrected chi connectivity index (χ2v) is 8.92. The van der Waals surface area contributed by atoms with E-state index in [2.05, 4.69) is 5.32 Å². The minimum absolute atomic E-state index is 0.0638. The van der Waals surface area contributed by atoms with Crippen LogP contribution in [-0.2, 0) is 16.0 Å². The number of carbonyl (C=O) groups excluding carboxylic acids is 2. The standard InChI is InChI=1S/C26H20ClF2N3O2/c1-13-17-8-6-15(11-20(17)31-25(13)33)24-18-12-16(27)7-9-22(18)32(2)26(34)21(30-24)10-14-4-3-5-19(28)23(14)29/h3-9,11-13,21H,10H2,1-2H3,(H,31,33). The molecule has 2 atom stereocenters. The molecule has 0 aliphatic carbocycles. The van der Waals surface area contributed by atoms with Gasteiger partial charge in [-0.15, -0.1) is 0 Å². The van der Waals surface area contributed by atoms with E-state index in [1.54, 1.807) is 25.2 Å². The van der Waals surface area contributed by atoms with Gasteiger partial charge in [-0.1, -0.05) is 35.9 Å². The number of benzodiazepines with no additional fused rings is 1. The monoisotopic (exact) mass is 479 g/mol. The van der Waals surface area contributed by atoms with Crippen molar-refractivity contribution in [3.63, 3.8) is 0 Å². The second kappa shape index (κ2) is 8.33. The van der Waals surface area contributed by atoms with Crippen LogP contribution >= 0.6 is 11.6 Å². The van der Waals surface area contributed by atoms with Gasteiger partial charge in [0.05, 0.1) is 17.3 Å².